The van der Waals surface area contributed by atoms with Gasteiger partial charge in [0.05, 0.1) is 0 Å². The summed E-state index contributed by atoms with van der Waals surface area (Å²) in [6, 6.07) is 0. The highest BCUT2D eigenvalue weighted by molar-refractivity contribution is 4.66. The van der Waals surface area contributed by atoms with Gasteiger partial charge in [-0.1, -0.05) is 0 Å². The van der Waals surface area contributed by atoms with Crippen LogP contribution >= 0.6 is 0 Å². The van der Waals surface area contributed by atoms with Gasteiger partial charge in [-0.25, -0.2) is 0 Å². The first kappa shape index (κ1) is 13.9. The van der Waals surface area contributed by atoms with E-state index in [-0.39, 0.29) is 6.23 Å². The maximum Gasteiger partial charge on any atom is 0.120 e. The number of nitrogens with zero attached hydrogens (tertiary/aromatic N) is 2. The van der Waals surface area contributed by atoms with Gasteiger partial charge in [0, 0.05) is 52.9 Å². The van der Waals surface area contributed by atoms with Gasteiger partial charge in [-0.3, -0.25) is 5.32 Å². The lowest BCUT2D eigenvalue weighted by atomic mass is 10.4. The second-order valence-electron chi connectivity index (χ2n) is 4.49. The molecule has 1 saturated heterocycles. The van der Waals surface area contributed by atoms with Crippen LogP contribution in [0.3, 0.4) is 0 Å². The Morgan fingerprint density at radius 1 is 1.00 bits per heavy atom. The predicted octanol–water partition coefficient (Wildman–Crippen LogP) is -0.985. The minimum atomic E-state index is 0.123. The number of likely N-dealkylation sites (N-methyl/N-ethyl adjacent to an activating group) is 2. The van der Waals surface area contributed by atoms with E-state index in [2.05, 4.69) is 34.5 Å². The molecule has 0 aromatic rings. The molecule has 1 unspecified atom stereocenters. The molecule has 0 bridgehead atoms. The highest BCUT2D eigenvalue weighted by Crippen LogP contribution is 1.89. The van der Waals surface area contributed by atoms with Gasteiger partial charge in [0.1, 0.15) is 6.23 Å². The van der Waals surface area contributed by atoms with Crippen molar-refractivity contribution in [2.45, 2.75) is 6.23 Å². The number of hydrogen-bond acceptors (Lipinski definition) is 5. The standard InChI is InChI=1S/C11H26N4O/c1-14-6-4-12-10-11(16-3)13-5-7-15(2)9-8-14/h11-13H,4-10H2,1-3H3. The molecule has 0 aromatic carbocycles. The summed E-state index contributed by atoms with van der Waals surface area (Å²) in [7, 11) is 6.09. The zero-order valence-corrected chi connectivity index (χ0v) is 10.8. The highest BCUT2D eigenvalue weighted by Gasteiger charge is 2.08. The molecule has 5 heteroatoms. The summed E-state index contributed by atoms with van der Waals surface area (Å²) < 4.78 is 5.35. The smallest absolute Gasteiger partial charge is 0.120 e. The van der Waals surface area contributed by atoms with Crippen LogP contribution in [0.2, 0.25) is 0 Å². The van der Waals surface area contributed by atoms with Crippen molar-refractivity contribution in [1.82, 2.24) is 20.4 Å². The van der Waals surface area contributed by atoms with Gasteiger partial charge in [0.15, 0.2) is 0 Å². The quantitative estimate of drug-likeness (QED) is 0.606. The van der Waals surface area contributed by atoms with E-state index < -0.39 is 0 Å². The zero-order valence-electron chi connectivity index (χ0n) is 10.8. The molecule has 1 aliphatic heterocycles. The summed E-state index contributed by atoms with van der Waals surface area (Å²) >= 11 is 0. The fourth-order valence-corrected chi connectivity index (χ4v) is 1.72. The Morgan fingerprint density at radius 3 is 2.25 bits per heavy atom. The molecule has 1 atom stereocenters. The third kappa shape index (κ3) is 5.77. The predicted molar refractivity (Wildman–Crippen MR) is 66.7 cm³/mol. The van der Waals surface area contributed by atoms with Crippen LogP contribution < -0.4 is 10.6 Å². The van der Waals surface area contributed by atoms with Gasteiger partial charge in [0.2, 0.25) is 0 Å². The average molecular weight is 230 g/mol. The van der Waals surface area contributed by atoms with Gasteiger partial charge >= 0.3 is 0 Å². The molecule has 0 aromatic heterocycles. The second kappa shape index (κ2) is 7.97. The zero-order chi connectivity index (χ0) is 11.8. The van der Waals surface area contributed by atoms with Crippen LogP contribution in [0.25, 0.3) is 0 Å². The molecule has 2 N–H and O–H groups in total. The second-order valence-corrected chi connectivity index (χ2v) is 4.49. The number of rotatable bonds is 1. The van der Waals surface area contributed by atoms with E-state index in [9.17, 15) is 0 Å². The summed E-state index contributed by atoms with van der Waals surface area (Å²) in [4.78, 5) is 4.71. The Kier molecular flexibility index (Phi) is 6.91. The summed E-state index contributed by atoms with van der Waals surface area (Å²) in [6.07, 6.45) is 0.123. The molecule has 0 amide bonds. The van der Waals surface area contributed by atoms with Crippen LogP contribution in [0.15, 0.2) is 0 Å². The Labute approximate surface area is 99.1 Å². The lowest BCUT2D eigenvalue weighted by Crippen LogP contribution is -2.46. The SMILES string of the molecule is COC1CNCCN(C)CCN(C)CCN1. The van der Waals surface area contributed by atoms with Crippen LogP contribution in [0.4, 0.5) is 0 Å². The highest BCUT2D eigenvalue weighted by atomic mass is 16.5. The van der Waals surface area contributed by atoms with Crippen LogP contribution in [0.5, 0.6) is 0 Å². The monoisotopic (exact) mass is 230 g/mol. The molecule has 0 radical (unpaired) electrons. The van der Waals surface area contributed by atoms with Crippen molar-refractivity contribution in [3.05, 3.63) is 0 Å². The van der Waals surface area contributed by atoms with Crippen molar-refractivity contribution in [3.8, 4) is 0 Å². The van der Waals surface area contributed by atoms with E-state index in [1.165, 1.54) is 0 Å². The largest absolute Gasteiger partial charge is 0.365 e. The van der Waals surface area contributed by atoms with E-state index >= 15 is 0 Å². The van der Waals surface area contributed by atoms with Crippen molar-refractivity contribution in [3.63, 3.8) is 0 Å². The number of nitrogens with one attached hydrogen (secondary N) is 2. The van der Waals surface area contributed by atoms with Crippen molar-refractivity contribution in [1.29, 1.82) is 0 Å². The Balaban J connectivity index is 2.34. The van der Waals surface area contributed by atoms with Gasteiger partial charge < -0.3 is 19.9 Å². The fraction of sp³-hybridized carbons (Fsp3) is 1.00. The Bertz CT molecular complexity index is 179. The van der Waals surface area contributed by atoms with Crippen molar-refractivity contribution in [2.24, 2.45) is 0 Å². The molecule has 0 spiro atoms. The topological polar surface area (TPSA) is 39.8 Å². The summed E-state index contributed by atoms with van der Waals surface area (Å²) in [5.74, 6) is 0. The first-order valence-corrected chi connectivity index (χ1v) is 6.06. The van der Waals surface area contributed by atoms with Crippen LogP contribution in [0.1, 0.15) is 0 Å². The summed E-state index contributed by atoms with van der Waals surface area (Å²) in [6.45, 7) is 7.26. The van der Waals surface area contributed by atoms with Gasteiger partial charge in [-0.15, -0.1) is 0 Å². The van der Waals surface area contributed by atoms with E-state index in [4.69, 9.17) is 4.74 Å². The van der Waals surface area contributed by atoms with Gasteiger partial charge in [-0.2, -0.15) is 0 Å². The molecule has 5 nitrogen and oxygen atoms in total. The fourth-order valence-electron chi connectivity index (χ4n) is 1.72. The minimum absolute atomic E-state index is 0.123. The van der Waals surface area contributed by atoms with Gasteiger partial charge in [-0.05, 0) is 14.1 Å². The minimum Gasteiger partial charge on any atom is -0.365 e. The normalized spacial score (nSPS) is 28.3. The molecule has 0 aliphatic carbocycles. The van der Waals surface area contributed by atoms with Crippen LogP contribution in [-0.2, 0) is 4.74 Å². The van der Waals surface area contributed by atoms with E-state index in [1.54, 1.807) is 7.11 Å². The van der Waals surface area contributed by atoms with E-state index in [1.807, 2.05) is 0 Å². The number of methoxy groups -OCH3 is 1. The van der Waals surface area contributed by atoms with Crippen LogP contribution in [-0.4, -0.2) is 83.0 Å². The molecule has 16 heavy (non-hydrogen) atoms. The molecule has 1 heterocycles. The van der Waals surface area contributed by atoms with Crippen LogP contribution in [0, 0.1) is 0 Å². The van der Waals surface area contributed by atoms with Crippen molar-refractivity contribution < 1.29 is 4.74 Å². The lowest BCUT2D eigenvalue weighted by Gasteiger charge is -2.25. The molecular weight excluding hydrogens is 204 g/mol. The average Bonchev–Trinajstić information content (AvgIpc) is 2.28. The molecular formula is C11H26N4O. The molecule has 96 valence electrons. The van der Waals surface area contributed by atoms with Crippen molar-refractivity contribution >= 4 is 0 Å². The maximum atomic E-state index is 5.35. The first-order chi connectivity index (χ1) is 7.72. The van der Waals surface area contributed by atoms with Crippen molar-refractivity contribution in [2.75, 3.05) is 67.0 Å². The summed E-state index contributed by atoms with van der Waals surface area (Å²) in [5.41, 5.74) is 0. The Hall–Kier alpha value is -0.200. The molecule has 1 aliphatic rings. The van der Waals surface area contributed by atoms with Gasteiger partial charge in [0.25, 0.3) is 0 Å². The third-order valence-corrected chi connectivity index (χ3v) is 3.01. The molecule has 1 fully saturated rings. The molecule has 1 rings (SSSR count). The number of ether oxygens (including phenoxy) is 1. The van der Waals surface area contributed by atoms with E-state index in [0.29, 0.717) is 0 Å². The third-order valence-electron chi connectivity index (χ3n) is 3.01. The Morgan fingerprint density at radius 2 is 1.62 bits per heavy atom. The van der Waals surface area contributed by atoms with E-state index in [0.717, 1.165) is 45.8 Å². The maximum absolute atomic E-state index is 5.35. The number of hydrogen-bond donors (Lipinski definition) is 2. The lowest BCUT2D eigenvalue weighted by molar-refractivity contribution is 0.0697. The summed E-state index contributed by atoms with van der Waals surface area (Å²) in [5, 5.41) is 6.79. The first-order valence-electron chi connectivity index (χ1n) is 6.06. The molecule has 0 saturated carbocycles.